The number of aliphatic imine (C=N–C) groups is 1. The number of nitrogens with one attached hydrogen (secondary N) is 3. The topological polar surface area (TPSA) is 93.2 Å². The maximum Gasteiger partial charge on any atom is 0.221 e. The summed E-state index contributed by atoms with van der Waals surface area (Å²) in [5.74, 6) is 2.74. The molecule has 1 unspecified atom stereocenters. The van der Waals surface area contributed by atoms with Crippen LogP contribution in [-0.4, -0.2) is 51.8 Å². The monoisotopic (exact) mass is 414 g/mol. The molecule has 162 valence electrons. The van der Waals surface area contributed by atoms with Gasteiger partial charge in [-0.1, -0.05) is 12.1 Å². The lowest BCUT2D eigenvalue weighted by atomic mass is 10.3. The van der Waals surface area contributed by atoms with Gasteiger partial charge in [0.2, 0.25) is 5.91 Å². The molecule has 1 amide bonds. The third-order valence-corrected chi connectivity index (χ3v) is 3.98. The Morgan fingerprint density at radius 3 is 2.53 bits per heavy atom. The second kappa shape index (κ2) is 12.2. The molecule has 8 nitrogen and oxygen atoms in total. The van der Waals surface area contributed by atoms with Crippen LogP contribution in [-0.2, 0) is 4.79 Å². The molecule has 0 aliphatic heterocycles. The first-order valence-corrected chi connectivity index (χ1v) is 9.76. The van der Waals surface area contributed by atoms with E-state index in [9.17, 15) is 4.79 Å². The van der Waals surface area contributed by atoms with E-state index in [2.05, 4.69) is 20.9 Å². The Balaban J connectivity index is 1.70. The molecule has 0 saturated carbocycles. The average molecular weight is 415 g/mol. The molecule has 30 heavy (non-hydrogen) atoms. The highest BCUT2D eigenvalue weighted by Gasteiger charge is 2.07. The number of anilines is 1. The van der Waals surface area contributed by atoms with Crippen molar-refractivity contribution < 1.29 is 19.0 Å². The summed E-state index contributed by atoms with van der Waals surface area (Å²) in [5.41, 5.74) is 0.704. The fourth-order valence-corrected chi connectivity index (χ4v) is 2.61. The van der Waals surface area contributed by atoms with Crippen LogP contribution in [0.1, 0.15) is 13.8 Å². The van der Waals surface area contributed by atoms with Crippen LogP contribution in [0.25, 0.3) is 0 Å². The smallest absolute Gasteiger partial charge is 0.221 e. The molecular weight excluding hydrogens is 384 g/mol. The van der Waals surface area contributed by atoms with Crippen LogP contribution < -0.4 is 30.2 Å². The number of ether oxygens (including phenoxy) is 3. The van der Waals surface area contributed by atoms with Crippen molar-refractivity contribution in [3.63, 3.8) is 0 Å². The zero-order valence-electron chi connectivity index (χ0n) is 17.9. The second-order valence-corrected chi connectivity index (χ2v) is 6.54. The number of guanidine groups is 1. The Kier molecular flexibility index (Phi) is 9.30. The van der Waals surface area contributed by atoms with E-state index in [0.717, 1.165) is 11.5 Å². The predicted octanol–water partition coefficient (Wildman–Crippen LogP) is 2.66. The van der Waals surface area contributed by atoms with Crippen LogP contribution in [0.2, 0.25) is 0 Å². The molecule has 0 aliphatic rings. The first-order chi connectivity index (χ1) is 14.5. The van der Waals surface area contributed by atoms with Gasteiger partial charge >= 0.3 is 0 Å². The number of nitrogens with zero attached hydrogens (tertiary/aromatic N) is 1. The predicted molar refractivity (Wildman–Crippen MR) is 119 cm³/mol. The number of rotatable bonds is 10. The molecule has 1 atom stereocenters. The van der Waals surface area contributed by atoms with Crippen LogP contribution in [0, 0.1) is 0 Å². The van der Waals surface area contributed by atoms with E-state index in [1.54, 1.807) is 20.2 Å². The van der Waals surface area contributed by atoms with E-state index >= 15 is 0 Å². The van der Waals surface area contributed by atoms with Crippen molar-refractivity contribution >= 4 is 17.6 Å². The highest BCUT2D eigenvalue weighted by molar-refractivity contribution is 5.88. The van der Waals surface area contributed by atoms with Gasteiger partial charge in [-0.05, 0) is 31.2 Å². The van der Waals surface area contributed by atoms with E-state index in [0.29, 0.717) is 37.1 Å². The molecule has 8 heteroatoms. The van der Waals surface area contributed by atoms with Gasteiger partial charge in [0.05, 0.1) is 20.2 Å². The minimum atomic E-state index is -0.117. The molecule has 0 radical (unpaired) electrons. The number of hydrogen-bond acceptors (Lipinski definition) is 5. The van der Waals surface area contributed by atoms with Crippen molar-refractivity contribution in [3.8, 4) is 17.2 Å². The lowest BCUT2D eigenvalue weighted by molar-refractivity contribution is -0.114. The van der Waals surface area contributed by atoms with Crippen molar-refractivity contribution in [1.82, 2.24) is 10.6 Å². The minimum Gasteiger partial charge on any atom is -0.497 e. The van der Waals surface area contributed by atoms with Crippen LogP contribution in [0.4, 0.5) is 5.69 Å². The van der Waals surface area contributed by atoms with Gasteiger partial charge in [-0.2, -0.15) is 0 Å². The molecule has 2 rings (SSSR count). The molecule has 0 heterocycles. The van der Waals surface area contributed by atoms with Gasteiger partial charge in [-0.25, -0.2) is 0 Å². The Bertz CT molecular complexity index is 841. The number of hydrogen-bond donors (Lipinski definition) is 3. The number of carbonyl (C=O) groups is 1. The highest BCUT2D eigenvalue weighted by atomic mass is 16.5. The molecular formula is C22H30N4O4. The number of methoxy groups -OCH3 is 1. The molecule has 2 aromatic rings. The normalized spacial score (nSPS) is 11.9. The maximum absolute atomic E-state index is 11.1. The van der Waals surface area contributed by atoms with E-state index in [-0.39, 0.29) is 12.0 Å². The first kappa shape index (κ1) is 22.9. The summed E-state index contributed by atoms with van der Waals surface area (Å²) < 4.78 is 16.8. The van der Waals surface area contributed by atoms with Gasteiger partial charge < -0.3 is 30.2 Å². The first-order valence-electron chi connectivity index (χ1n) is 9.76. The quantitative estimate of drug-likeness (QED) is 0.314. The standard InChI is InChI=1S/C22H30N4O4/c1-16(30-21-10-6-8-19(14-21)28-4)15-25-22(23-3)24-11-12-29-20-9-5-7-18(13-20)26-17(2)27/h5-10,13-14,16H,11-12,15H2,1-4H3,(H,26,27)(H2,23,24,25). The zero-order chi connectivity index (χ0) is 21.8. The van der Waals surface area contributed by atoms with Gasteiger partial charge in [0.15, 0.2) is 5.96 Å². The SMILES string of the molecule is CN=C(NCCOc1cccc(NC(C)=O)c1)NCC(C)Oc1cccc(OC)c1. The summed E-state index contributed by atoms with van der Waals surface area (Å²) >= 11 is 0. The third-order valence-electron chi connectivity index (χ3n) is 3.98. The third kappa shape index (κ3) is 8.30. The molecule has 0 fully saturated rings. The van der Waals surface area contributed by atoms with Crippen molar-refractivity contribution in [2.45, 2.75) is 20.0 Å². The molecule has 0 bridgehead atoms. The van der Waals surface area contributed by atoms with Gasteiger partial charge in [0.1, 0.15) is 30.0 Å². The van der Waals surface area contributed by atoms with E-state index in [4.69, 9.17) is 14.2 Å². The Hall–Kier alpha value is -3.42. The van der Waals surface area contributed by atoms with Crippen LogP contribution in [0.5, 0.6) is 17.2 Å². The van der Waals surface area contributed by atoms with Crippen LogP contribution in [0.3, 0.4) is 0 Å². The van der Waals surface area contributed by atoms with Crippen molar-refractivity contribution in [3.05, 3.63) is 48.5 Å². The van der Waals surface area contributed by atoms with Crippen LogP contribution in [0.15, 0.2) is 53.5 Å². The fraction of sp³-hybridized carbons (Fsp3) is 0.364. The van der Waals surface area contributed by atoms with Gasteiger partial charge in [-0.3, -0.25) is 9.79 Å². The highest BCUT2D eigenvalue weighted by Crippen LogP contribution is 2.20. The van der Waals surface area contributed by atoms with Crippen LogP contribution >= 0.6 is 0 Å². The van der Waals surface area contributed by atoms with Crippen molar-refractivity contribution in [2.75, 3.05) is 39.2 Å². The molecule has 2 aromatic carbocycles. The van der Waals surface area contributed by atoms with Gasteiger partial charge in [-0.15, -0.1) is 0 Å². The Morgan fingerprint density at radius 1 is 1.07 bits per heavy atom. The summed E-state index contributed by atoms with van der Waals surface area (Å²) in [4.78, 5) is 15.3. The number of benzene rings is 2. The fourth-order valence-electron chi connectivity index (χ4n) is 2.61. The summed E-state index contributed by atoms with van der Waals surface area (Å²) in [5, 5.41) is 9.15. The second-order valence-electron chi connectivity index (χ2n) is 6.54. The van der Waals surface area contributed by atoms with E-state index in [1.165, 1.54) is 6.92 Å². The van der Waals surface area contributed by atoms with Crippen molar-refractivity contribution in [2.24, 2.45) is 4.99 Å². The minimum absolute atomic E-state index is 0.0663. The summed E-state index contributed by atoms with van der Waals surface area (Å²) in [7, 11) is 3.34. The zero-order valence-corrected chi connectivity index (χ0v) is 17.9. The molecule has 3 N–H and O–H groups in total. The lowest BCUT2D eigenvalue weighted by Gasteiger charge is -2.18. The molecule has 0 saturated heterocycles. The lowest BCUT2D eigenvalue weighted by Crippen LogP contribution is -2.43. The summed E-state index contributed by atoms with van der Waals surface area (Å²) in [6.07, 6.45) is -0.0663. The van der Waals surface area contributed by atoms with Gasteiger partial charge in [0, 0.05) is 31.8 Å². The average Bonchev–Trinajstić information content (AvgIpc) is 2.73. The van der Waals surface area contributed by atoms with Crippen molar-refractivity contribution in [1.29, 1.82) is 0 Å². The molecule has 0 aromatic heterocycles. The number of carbonyl (C=O) groups excluding carboxylic acids is 1. The Labute approximate surface area is 177 Å². The maximum atomic E-state index is 11.1. The molecule has 0 spiro atoms. The largest absolute Gasteiger partial charge is 0.497 e. The molecule has 0 aliphatic carbocycles. The van der Waals surface area contributed by atoms with Gasteiger partial charge in [0.25, 0.3) is 0 Å². The Morgan fingerprint density at radius 2 is 1.80 bits per heavy atom. The summed E-state index contributed by atoms with van der Waals surface area (Å²) in [6.45, 7) is 5.04. The number of amides is 1. The summed E-state index contributed by atoms with van der Waals surface area (Å²) in [6, 6.07) is 14.8. The van der Waals surface area contributed by atoms with E-state index < -0.39 is 0 Å². The van der Waals surface area contributed by atoms with E-state index in [1.807, 2.05) is 49.4 Å².